The van der Waals surface area contributed by atoms with Gasteiger partial charge < -0.3 is 10.1 Å². The van der Waals surface area contributed by atoms with Gasteiger partial charge in [-0.05, 0) is 49.4 Å². The zero-order chi connectivity index (χ0) is 15.3. The van der Waals surface area contributed by atoms with Crippen molar-refractivity contribution in [2.75, 3.05) is 19.8 Å². The maximum Gasteiger partial charge on any atom is 0.416 e. The minimum atomic E-state index is -4.29. The number of alkyl halides is 3. The van der Waals surface area contributed by atoms with Gasteiger partial charge in [0.15, 0.2) is 0 Å². The van der Waals surface area contributed by atoms with Gasteiger partial charge in [-0.2, -0.15) is 13.2 Å². The average molecular weight is 301 g/mol. The van der Waals surface area contributed by atoms with Crippen molar-refractivity contribution < 1.29 is 17.9 Å². The molecule has 1 saturated heterocycles. The van der Waals surface area contributed by atoms with E-state index in [-0.39, 0.29) is 6.04 Å². The minimum absolute atomic E-state index is 0.0274. The Hall–Kier alpha value is -1.07. The number of nitrogens with one attached hydrogen (secondary N) is 1. The number of hydrogen-bond acceptors (Lipinski definition) is 2. The summed E-state index contributed by atoms with van der Waals surface area (Å²) in [4.78, 5) is 0. The highest BCUT2D eigenvalue weighted by Crippen LogP contribution is 2.33. The van der Waals surface area contributed by atoms with Gasteiger partial charge in [0.1, 0.15) is 0 Å². The summed E-state index contributed by atoms with van der Waals surface area (Å²) >= 11 is 0. The van der Waals surface area contributed by atoms with Crippen molar-refractivity contribution in [2.45, 2.75) is 38.4 Å². The molecule has 0 aliphatic carbocycles. The minimum Gasteiger partial charge on any atom is -0.381 e. The molecule has 1 fully saturated rings. The van der Waals surface area contributed by atoms with Gasteiger partial charge in [-0.3, -0.25) is 0 Å². The molecule has 1 aliphatic rings. The van der Waals surface area contributed by atoms with Gasteiger partial charge >= 0.3 is 6.18 Å². The monoisotopic (exact) mass is 301 g/mol. The molecule has 0 radical (unpaired) electrons. The molecule has 21 heavy (non-hydrogen) atoms. The lowest BCUT2D eigenvalue weighted by Gasteiger charge is -2.27. The number of rotatable bonds is 5. The predicted molar refractivity (Wildman–Crippen MR) is 76.0 cm³/mol. The van der Waals surface area contributed by atoms with E-state index in [1.807, 2.05) is 6.92 Å². The van der Waals surface area contributed by atoms with E-state index in [2.05, 4.69) is 5.32 Å². The van der Waals surface area contributed by atoms with Crippen LogP contribution in [-0.4, -0.2) is 19.8 Å². The van der Waals surface area contributed by atoms with Crippen molar-refractivity contribution in [3.8, 4) is 0 Å². The first-order valence-electron chi connectivity index (χ1n) is 7.49. The van der Waals surface area contributed by atoms with Crippen LogP contribution in [0.25, 0.3) is 0 Å². The molecule has 2 nitrogen and oxygen atoms in total. The molecule has 1 unspecified atom stereocenters. The lowest BCUT2D eigenvalue weighted by atomic mass is 9.89. The molecule has 0 aromatic heterocycles. The van der Waals surface area contributed by atoms with Crippen LogP contribution in [0.5, 0.6) is 0 Å². The van der Waals surface area contributed by atoms with Gasteiger partial charge in [0.25, 0.3) is 0 Å². The predicted octanol–water partition coefficient (Wildman–Crippen LogP) is 4.17. The average Bonchev–Trinajstić information content (AvgIpc) is 2.47. The molecule has 1 aliphatic heterocycles. The smallest absolute Gasteiger partial charge is 0.381 e. The van der Waals surface area contributed by atoms with Crippen molar-refractivity contribution in [1.29, 1.82) is 0 Å². The Kier molecular flexibility index (Phi) is 5.65. The molecule has 1 aromatic carbocycles. The van der Waals surface area contributed by atoms with Gasteiger partial charge in [0, 0.05) is 19.3 Å². The Morgan fingerprint density at radius 2 is 2.00 bits per heavy atom. The maximum absolute atomic E-state index is 12.8. The summed E-state index contributed by atoms with van der Waals surface area (Å²) in [5.41, 5.74) is 0.146. The summed E-state index contributed by atoms with van der Waals surface area (Å²) in [6.45, 7) is 4.23. The van der Waals surface area contributed by atoms with Crippen LogP contribution >= 0.6 is 0 Å². The van der Waals surface area contributed by atoms with Crippen molar-refractivity contribution in [3.05, 3.63) is 35.4 Å². The van der Waals surface area contributed by atoms with Crippen LogP contribution in [0.3, 0.4) is 0 Å². The van der Waals surface area contributed by atoms with E-state index in [9.17, 15) is 13.2 Å². The van der Waals surface area contributed by atoms with E-state index in [1.54, 1.807) is 6.07 Å². The summed E-state index contributed by atoms with van der Waals surface area (Å²) in [5.74, 6) is 0.511. The summed E-state index contributed by atoms with van der Waals surface area (Å²) in [6.07, 6.45) is -1.45. The number of ether oxygens (including phenoxy) is 1. The molecule has 2 rings (SSSR count). The van der Waals surface area contributed by atoms with Gasteiger partial charge in [-0.15, -0.1) is 0 Å². The second kappa shape index (κ2) is 7.27. The van der Waals surface area contributed by atoms with Gasteiger partial charge in [-0.1, -0.05) is 19.1 Å². The summed E-state index contributed by atoms with van der Waals surface area (Å²) in [7, 11) is 0. The van der Waals surface area contributed by atoms with Crippen LogP contribution in [0.2, 0.25) is 0 Å². The van der Waals surface area contributed by atoms with Crippen molar-refractivity contribution >= 4 is 0 Å². The zero-order valence-corrected chi connectivity index (χ0v) is 12.2. The fraction of sp³-hybridized carbons (Fsp3) is 0.625. The largest absolute Gasteiger partial charge is 0.416 e. The normalized spacial score (nSPS) is 18.7. The number of benzene rings is 1. The lowest BCUT2D eigenvalue weighted by molar-refractivity contribution is -0.137. The molecule has 1 heterocycles. The first-order valence-corrected chi connectivity index (χ1v) is 7.49. The Morgan fingerprint density at radius 1 is 1.29 bits per heavy atom. The Balaban J connectivity index is 2.13. The highest BCUT2D eigenvalue weighted by Gasteiger charge is 2.31. The third kappa shape index (κ3) is 4.71. The van der Waals surface area contributed by atoms with Crippen LogP contribution in [0.4, 0.5) is 13.2 Å². The zero-order valence-electron chi connectivity index (χ0n) is 12.2. The SMILES string of the molecule is CCNC(CC1CCOCC1)c1cccc(C(F)(F)F)c1. The molecule has 0 spiro atoms. The molecule has 5 heteroatoms. The van der Waals surface area contributed by atoms with Crippen molar-refractivity contribution in [1.82, 2.24) is 5.32 Å². The molecule has 0 amide bonds. The van der Waals surface area contributed by atoms with E-state index >= 15 is 0 Å². The third-order valence-corrected chi connectivity index (χ3v) is 3.98. The first kappa shape index (κ1) is 16.3. The van der Waals surface area contributed by atoms with Crippen LogP contribution in [-0.2, 0) is 10.9 Å². The van der Waals surface area contributed by atoms with Gasteiger partial charge in [0.2, 0.25) is 0 Å². The highest BCUT2D eigenvalue weighted by molar-refractivity contribution is 5.28. The molecular formula is C16H22F3NO. The quantitative estimate of drug-likeness (QED) is 0.881. The molecule has 1 atom stereocenters. The van der Waals surface area contributed by atoms with Gasteiger partial charge in [0.05, 0.1) is 5.56 Å². The summed E-state index contributed by atoms with van der Waals surface area (Å²) < 4.78 is 43.9. The van der Waals surface area contributed by atoms with E-state index < -0.39 is 11.7 Å². The summed E-state index contributed by atoms with van der Waals surface area (Å²) in [6, 6.07) is 5.64. The van der Waals surface area contributed by atoms with Crippen molar-refractivity contribution in [3.63, 3.8) is 0 Å². The van der Waals surface area contributed by atoms with E-state index in [0.29, 0.717) is 5.92 Å². The second-order valence-corrected chi connectivity index (χ2v) is 5.52. The molecular weight excluding hydrogens is 279 g/mol. The summed E-state index contributed by atoms with van der Waals surface area (Å²) in [5, 5.41) is 3.32. The van der Waals surface area contributed by atoms with E-state index in [0.717, 1.165) is 50.7 Å². The fourth-order valence-electron chi connectivity index (χ4n) is 2.83. The Bertz CT molecular complexity index is 441. The van der Waals surface area contributed by atoms with E-state index in [4.69, 9.17) is 4.74 Å². The number of halogens is 3. The van der Waals surface area contributed by atoms with Crippen LogP contribution in [0.15, 0.2) is 24.3 Å². The molecule has 118 valence electrons. The van der Waals surface area contributed by atoms with E-state index in [1.165, 1.54) is 12.1 Å². The van der Waals surface area contributed by atoms with Crippen LogP contribution in [0, 0.1) is 5.92 Å². The Morgan fingerprint density at radius 3 is 2.62 bits per heavy atom. The second-order valence-electron chi connectivity index (χ2n) is 5.52. The standard InChI is InChI=1S/C16H22F3NO/c1-2-20-15(10-12-6-8-21-9-7-12)13-4-3-5-14(11-13)16(17,18)19/h3-5,11-12,15,20H,2,6-10H2,1H3. The fourth-order valence-corrected chi connectivity index (χ4v) is 2.83. The first-order chi connectivity index (χ1) is 10.0. The lowest BCUT2D eigenvalue weighted by Crippen LogP contribution is -2.26. The van der Waals surface area contributed by atoms with Gasteiger partial charge in [-0.25, -0.2) is 0 Å². The molecule has 1 aromatic rings. The maximum atomic E-state index is 12.8. The highest BCUT2D eigenvalue weighted by atomic mass is 19.4. The third-order valence-electron chi connectivity index (χ3n) is 3.98. The van der Waals surface area contributed by atoms with Crippen LogP contribution < -0.4 is 5.32 Å². The van der Waals surface area contributed by atoms with Crippen molar-refractivity contribution in [2.24, 2.45) is 5.92 Å². The topological polar surface area (TPSA) is 21.3 Å². The number of hydrogen-bond donors (Lipinski definition) is 1. The Labute approximate surface area is 123 Å². The molecule has 0 saturated carbocycles. The van der Waals surface area contributed by atoms with Crippen LogP contribution in [0.1, 0.15) is 43.4 Å². The molecule has 1 N–H and O–H groups in total. The molecule has 0 bridgehead atoms.